The highest BCUT2D eigenvalue weighted by atomic mass is 16.3. The van der Waals surface area contributed by atoms with E-state index in [0.717, 1.165) is 94.2 Å². The molecule has 11 aromatic rings. The van der Waals surface area contributed by atoms with Crippen molar-refractivity contribution in [3.8, 4) is 50.5 Å². The Bertz CT molecular complexity index is 3040. The van der Waals surface area contributed by atoms with E-state index in [1.165, 1.54) is 11.1 Å². The van der Waals surface area contributed by atoms with Gasteiger partial charge in [0.05, 0.1) is 16.6 Å². The van der Waals surface area contributed by atoms with Crippen LogP contribution in [0.4, 0.5) is 0 Å². The topological polar surface area (TPSA) is 44.1 Å². The van der Waals surface area contributed by atoms with Crippen LogP contribution in [0, 0.1) is 0 Å². The molecule has 0 amide bonds. The van der Waals surface area contributed by atoms with E-state index in [0.29, 0.717) is 0 Å². The summed E-state index contributed by atoms with van der Waals surface area (Å²) in [5.41, 5.74) is 14.3. The molecule has 0 atom stereocenters. The van der Waals surface area contributed by atoms with E-state index in [9.17, 15) is 0 Å². The van der Waals surface area contributed by atoms with Crippen LogP contribution in [0.25, 0.3) is 105 Å². The molecule has 0 N–H and O–H groups in total. The molecule has 0 spiro atoms. The summed E-state index contributed by atoms with van der Waals surface area (Å²) in [6.45, 7) is 0. The molecule has 3 heterocycles. The number of fused-ring (bicyclic) bond motifs is 7. The maximum atomic E-state index is 6.54. The SMILES string of the molecule is c1ccc(-c2ccc(-c3nc4ccccc4n3-c3ccc(-c4ccc(-c5c6oc7ccccc7c6cc6c5oc5ccccc56)cc4)cc3)cc2)cc1. The summed E-state index contributed by atoms with van der Waals surface area (Å²) in [7, 11) is 0. The third-order valence-corrected chi connectivity index (χ3v) is 10.5. The molecule has 4 heteroatoms. The number of imidazole rings is 1. The van der Waals surface area contributed by atoms with Gasteiger partial charge in [-0.1, -0.05) is 140 Å². The van der Waals surface area contributed by atoms with Crippen molar-refractivity contribution in [3.05, 3.63) is 182 Å². The second-order valence-electron chi connectivity index (χ2n) is 13.5. The zero-order valence-corrected chi connectivity index (χ0v) is 28.5. The van der Waals surface area contributed by atoms with Crippen LogP contribution in [0.3, 0.4) is 0 Å². The summed E-state index contributed by atoms with van der Waals surface area (Å²) in [6.07, 6.45) is 0. The van der Waals surface area contributed by atoms with Crippen molar-refractivity contribution >= 4 is 54.9 Å². The number of aromatic nitrogens is 2. The quantitative estimate of drug-likeness (QED) is 0.182. The average Bonchev–Trinajstić information content (AvgIpc) is 3.92. The lowest BCUT2D eigenvalue weighted by molar-refractivity contribution is 0.658. The summed E-state index contributed by atoms with van der Waals surface area (Å²) in [4.78, 5) is 5.10. The molecule has 0 saturated heterocycles. The van der Waals surface area contributed by atoms with Gasteiger partial charge in [0.25, 0.3) is 0 Å². The molecule has 0 unspecified atom stereocenters. The molecule has 0 radical (unpaired) electrons. The van der Waals surface area contributed by atoms with Crippen LogP contribution in [0.2, 0.25) is 0 Å². The molecule has 0 bridgehead atoms. The molecule has 0 aliphatic heterocycles. The van der Waals surface area contributed by atoms with Crippen LogP contribution in [0.15, 0.2) is 191 Å². The van der Waals surface area contributed by atoms with Gasteiger partial charge in [-0.3, -0.25) is 4.57 Å². The van der Waals surface area contributed by atoms with Crippen LogP contribution in [0.1, 0.15) is 0 Å². The zero-order valence-electron chi connectivity index (χ0n) is 28.5. The predicted molar refractivity (Wildman–Crippen MR) is 217 cm³/mol. The fourth-order valence-electron chi connectivity index (χ4n) is 7.85. The summed E-state index contributed by atoms with van der Waals surface area (Å²) in [6, 6.07) is 63.7. The van der Waals surface area contributed by atoms with Gasteiger partial charge in [0.15, 0.2) is 0 Å². The number of hydrogen-bond acceptors (Lipinski definition) is 3. The van der Waals surface area contributed by atoms with Crippen molar-refractivity contribution in [3.63, 3.8) is 0 Å². The Morgan fingerprint density at radius 1 is 0.377 bits per heavy atom. The van der Waals surface area contributed by atoms with Crippen LogP contribution in [-0.2, 0) is 0 Å². The molecule has 0 aliphatic rings. The van der Waals surface area contributed by atoms with Crippen molar-refractivity contribution in [2.45, 2.75) is 0 Å². The Balaban J connectivity index is 0.980. The molecule has 0 aliphatic carbocycles. The van der Waals surface area contributed by atoms with Crippen LogP contribution >= 0.6 is 0 Å². The monoisotopic (exact) mass is 678 g/mol. The van der Waals surface area contributed by atoms with E-state index < -0.39 is 0 Å². The fraction of sp³-hybridized carbons (Fsp3) is 0. The number of hydrogen-bond donors (Lipinski definition) is 0. The molecular formula is C49H30N2O2. The maximum Gasteiger partial charge on any atom is 0.147 e. The summed E-state index contributed by atoms with van der Waals surface area (Å²) < 4.78 is 15.3. The van der Waals surface area contributed by atoms with Crippen molar-refractivity contribution in [2.24, 2.45) is 0 Å². The Labute approximate surface area is 304 Å². The van der Waals surface area contributed by atoms with Gasteiger partial charge in [-0.15, -0.1) is 0 Å². The second-order valence-corrected chi connectivity index (χ2v) is 13.5. The van der Waals surface area contributed by atoms with Gasteiger partial charge in [-0.05, 0) is 70.3 Å². The first kappa shape index (κ1) is 29.5. The van der Waals surface area contributed by atoms with Gasteiger partial charge < -0.3 is 8.83 Å². The maximum absolute atomic E-state index is 6.54. The van der Waals surface area contributed by atoms with Gasteiger partial charge in [-0.25, -0.2) is 4.98 Å². The molecular weight excluding hydrogens is 649 g/mol. The summed E-state index contributed by atoms with van der Waals surface area (Å²) >= 11 is 0. The Morgan fingerprint density at radius 2 is 0.849 bits per heavy atom. The molecule has 3 aromatic heterocycles. The summed E-state index contributed by atoms with van der Waals surface area (Å²) in [5, 5.41) is 4.39. The van der Waals surface area contributed by atoms with Crippen molar-refractivity contribution in [2.75, 3.05) is 0 Å². The van der Waals surface area contributed by atoms with E-state index in [1.807, 2.05) is 36.4 Å². The fourth-order valence-corrected chi connectivity index (χ4v) is 7.85. The highest BCUT2D eigenvalue weighted by Crippen LogP contribution is 2.44. The first-order chi connectivity index (χ1) is 26.3. The molecule has 11 rings (SSSR count). The van der Waals surface area contributed by atoms with E-state index >= 15 is 0 Å². The minimum Gasteiger partial charge on any atom is -0.455 e. The van der Waals surface area contributed by atoms with Gasteiger partial charge in [0, 0.05) is 32.8 Å². The smallest absolute Gasteiger partial charge is 0.147 e. The van der Waals surface area contributed by atoms with Gasteiger partial charge >= 0.3 is 0 Å². The van der Waals surface area contributed by atoms with Gasteiger partial charge in [0.2, 0.25) is 0 Å². The Morgan fingerprint density at radius 3 is 1.47 bits per heavy atom. The molecule has 0 fully saturated rings. The third-order valence-electron chi connectivity index (χ3n) is 10.5. The van der Waals surface area contributed by atoms with E-state index in [1.54, 1.807) is 0 Å². The number of para-hydroxylation sites is 4. The zero-order chi connectivity index (χ0) is 34.9. The van der Waals surface area contributed by atoms with E-state index in [-0.39, 0.29) is 0 Å². The second kappa shape index (κ2) is 11.7. The minimum absolute atomic E-state index is 0.841. The van der Waals surface area contributed by atoms with Gasteiger partial charge in [-0.2, -0.15) is 0 Å². The standard InChI is InChI=1S/C49H30N2O2/c1-2-10-31(11-3-1)32-20-24-36(25-21-32)49-50-42-14-6-7-15-43(42)51(49)37-28-26-34(27-29-37)33-18-22-35(23-19-33)46-47-40(38-12-4-8-16-44(38)52-47)30-41-39-13-5-9-17-45(39)53-48(41)46/h1-30H. The largest absolute Gasteiger partial charge is 0.455 e. The molecule has 53 heavy (non-hydrogen) atoms. The molecule has 4 nitrogen and oxygen atoms in total. The Hall–Kier alpha value is -7.17. The molecule has 248 valence electrons. The van der Waals surface area contributed by atoms with Crippen molar-refractivity contribution < 1.29 is 8.83 Å². The van der Waals surface area contributed by atoms with Gasteiger partial charge in [0.1, 0.15) is 28.2 Å². The molecule has 8 aromatic carbocycles. The Kier molecular flexibility index (Phi) is 6.52. The minimum atomic E-state index is 0.841. The predicted octanol–water partition coefficient (Wildman–Crippen LogP) is 13.5. The lowest BCUT2D eigenvalue weighted by atomic mass is 9.96. The van der Waals surface area contributed by atoms with Crippen LogP contribution < -0.4 is 0 Å². The first-order valence-corrected chi connectivity index (χ1v) is 17.9. The number of benzene rings is 8. The highest BCUT2D eigenvalue weighted by Gasteiger charge is 2.21. The van der Waals surface area contributed by atoms with Crippen LogP contribution in [-0.4, -0.2) is 9.55 Å². The third kappa shape index (κ3) is 4.73. The lowest BCUT2D eigenvalue weighted by Crippen LogP contribution is -1.97. The van der Waals surface area contributed by atoms with Crippen molar-refractivity contribution in [1.82, 2.24) is 9.55 Å². The lowest BCUT2D eigenvalue weighted by Gasteiger charge is -2.12. The number of rotatable bonds is 5. The average molecular weight is 679 g/mol. The van der Waals surface area contributed by atoms with E-state index in [4.69, 9.17) is 13.8 Å². The first-order valence-electron chi connectivity index (χ1n) is 17.9. The van der Waals surface area contributed by atoms with Crippen molar-refractivity contribution in [1.29, 1.82) is 0 Å². The number of nitrogens with zero attached hydrogens (tertiary/aromatic N) is 2. The normalized spacial score (nSPS) is 11.8. The molecule has 0 saturated carbocycles. The highest BCUT2D eigenvalue weighted by molar-refractivity contribution is 6.22. The van der Waals surface area contributed by atoms with E-state index in [2.05, 4.69) is 150 Å². The number of furan rings is 2. The van der Waals surface area contributed by atoms with Crippen LogP contribution in [0.5, 0.6) is 0 Å². The summed E-state index contributed by atoms with van der Waals surface area (Å²) in [5.74, 6) is 0.916.